The Hall–Kier alpha value is -1.81. The third-order valence-corrected chi connectivity index (χ3v) is 3.86. The number of rotatable bonds is 4. The molecule has 4 nitrogen and oxygen atoms in total. The monoisotopic (exact) mass is 273 g/mol. The molecule has 1 heterocycles. The maximum atomic E-state index is 11.9. The van der Waals surface area contributed by atoms with E-state index in [4.69, 9.17) is 5.73 Å². The third kappa shape index (κ3) is 2.85. The van der Waals surface area contributed by atoms with Crippen LogP contribution in [-0.4, -0.2) is 16.9 Å². The number of aromatic amines is 1. The van der Waals surface area contributed by atoms with Crippen LogP contribution < -0.4 is 11.1 Å². The standard InChI is InChI=1S/C16H23N3O/c1-9(2)15(17)16(20)18-8-12-5-6-14-13(7-12)10(3)11(4)19-14/h5-7,9,15,19H,8,17H2,1-4H3,(H,18,20)/t15-/m0/s1. The van der Waals surface area contributed by atoms with Gasteiger partial charge in [-0.25, -0.2) is 0 Å². The molecule has 108 valence electrons. The first-order chi connectivity index (χ1) is 9.40. The van der Waals surface area contributed by atoms with Gasteiger partial charge in [0.1, 0.15) is 0 Å². The molecule has 1 atom stereocenters. The fraction of sp³-hybridized carbons (Fsp3) is 0.438. The SMILES string of the molecule is Cc1[nH]c2ccc(CNC(=O)[C@@H](N)C(C)C)cc2c1C. The van der Waals surface area contributed by atoms with Gasteiger partial charge in [-0.15, -0.1) is 0 Å². The summed E-state index contributed by atoms with van der Waals surface area (Å²) in [6.45, 7) is 8.58. The Labute approximate surface area is 119 Å². The Kier molecular flexibility index (Phi) is 4.14. The van der Waals surface area contributed by atoms with Crippen molar-refractivity contribution in [3.05, 3.63) is 35.0 Å². The van der Waals surface area contributed by atoms with Gasteiger partial charge in [-0.2, -0.15) is 0 Å². The minimum atomic E-state index is -0.449. The molecule has 0 spiro atoms. The van der Waals surface area contributed by atoms with Crippen LogP contribution in [0.4, 0.5) is 0 Å². The average molecular weight is 273 g/mol. The number of nitrogens with two attached hydrogens (primary N) is 1. The fourth-order valence-corrected chi connectivity index (χ4v) is 2.23. The minimum Gasteiger partial charge on any atom is -0.358 e. The van der Waals surface area contributed by atoms with E-state index < -0.39 is 6.04 Å². The molecule has 0 aliphatic rings. The Balaban J connectivity index is 2.11. The van der Waals surface area contributed by atoms with E-state index >= 15 is 0 Å². The maximum absolute atomic E-state index is 11.9. The van der Waals surface area contributed by atoms with E-state index in [-0.39, 0.29) is 11.8 Å². The number of hydrogen-bond acceptors (Lipinski definition) is 2. The topological polar surface area (TPSA) is 70.9 Å². The van der Waals surface area contributed by atoms with Crippen molar-refractivity contribution in [3.63, 3.8) is 0 Å². The molecule has 0 bridgehead atoms. The highest BCUT2D eigenvalue weighted by atomic mass is 16.2. The Morgan fingerprint density at radius 3 is 2.70 bits per heavy atom. The van der Waals surface area contributed by atoms with Crippen molar-refractivity contribution in [2.24, 2.45) is 11.7 Å². The summed E-state index contributed by atoms with van der Waals surface area (Å²) >= 11 is 0. The first-order valence-corrected chi connectivity index (χ1v) is 7.01. The van der Waals surface area contributed by atoms with Gasteiger partial charge in [0.25, 0.3) is 0 Å². The van der Waals surface area contributed by atoms with Crippen LogP contribution >= 0.6 is 0 Å². The van der Waals surface area contributed by atoms with E-state index in [1.165, 1.54) is 16.6 Å². The molecule has 2 rings (SSSR count). The Bertz CT molecular complexity index is 628. The van der Waals surface area contributed by atoms with Gasteiger partial charge in [0.15, 0.2) is 0 Å². The number of fused-ring (bicyclic) bond motifs is 1. The van der Waals surface area contributed by atoms with Crippen molar-refractivity contribution in [1.82, 2.24) is 10.3 Å². The smallest absolute Gasteiger partial charge is 0.237 e. The first-order valence-electron chi connectivity index (χ1n) is 7.01. The molecule has 0 saturated carbocycles. The van der Waals surface area contributed by atoms with Crippen molar-refractivity contribution >= 4 is 16.8 Å². The van der Waals surface area contributed by atoms with Gasteiger partial charge in [-0.05, 0) is 43.0 Å². The average Bonchev–Trinajstić information content (AvgIpc) is 2.70. The van der Waals surface area contributed by atoms with Gasteiger partial charge in [0.2, 0.25) is 5.91 Å². The number of nitrogens with one attached hydrogen (secondary N) is 2. The molecule has 0 unspecified atom stereocenters. The van der Waals surface area contributed by atoms with Gasteiger partial charge in [0.05, 0.1) is 6.04 Å². The van der Waals surface area contributed by atoms with Crippen molar-refractivity contribution in [1.29, 1.82) is 0 Å². The van der Waals surface area contributed by atoms with E-state index in [2.05, 4.69) is 36.3 Å². The zero-order valence-corrected chi connectivity index (χ0v) is 12.6. The number of benzene rings is 1. The van der Waals surface area contributed by atoms with E-state index in [0.29, 0.717) is 6.54 Å². The predicted octanol–water partition coefficient (Wildman–Crippen LogP) is 2.38. The number of amides is 1. The summed E-state index contributed by atoms with van der Waals surface area (Å²) in [4.78, 5) is 15.2. The molecule has 1 amide bonds. The lowest BCUT2D eigenvalue weighted by Gasteiger charge is -2.15. The Morgan fingerprint density at radius 2 is 2.05 bits per heavy atom. The maximum Gasteiger partial charge on any atom is 0.237 e. The van der Waals surface area contributed by atoms with E-state index in [1.54, 1.807) is 0 Å². The minimum absolute atomic E-state index is 0.0953. The summed E-state index contributed by atoms with van der Waals surface area (Å²) in [6, 6.07) is 5.75. The van der Waals surface area contributed by atoms with E-state index in [1.807, 2.05) is 19.9 Å². The van der Waals surface area contributed by atoms with Crippen molar-refractivity contribution in [2.75, 3.05) is 0 Å². The largest absolute Gasteiger partial charge is 0.358 e. The van der Waals surface area contributed by atoms with Gasteiger partial charge in [-0.1, -0.05) is 19.9 Å². The molecule has 20 heavy (non-hydrogen) atoms. The molecular weight excluding hydrogens is 250 g/mol. The molecule has 1 aromatic heterocycles. The van der Waals surface area contributed by atoms with Gasteiger partial charge in [0, 0.05) is 23.1 Å². The van der Waals surface area contributed by atoms with Crippen LogP contribution in [0.1, 0.15) is 30.7 Å². The quantitative estimate of drug-likeness (QED) is 0.800. The van der Waals surface area contributed by atoms with Gasteiger partial charge < -0.3 is 16.0 Å². The summed E-state index contributed by atoms with van der Waals surface area (Å²) in [5, 5.41) is 4.11. The van der Waals surface area contributed by atoms with Crippen molar-refractivity contribution in [3.8, 4) is 0 Å². The number of aryl methyl sites for hydroxylation is 2. The summed E-state index contributed by atoms with van der Waals surface area (Å²) in [6.07, 6.45) is 0. The van der Waals surface area contributed by atoms with Crippen LogP contribution in [0, 0.1) is 19.8 Å². The lowest BCUT2D eigenvalue weighted by Crippen LogP contribution is -2.43. The molecule has 0 aliphatic heterocycles. The molecule has 4 N–H and O–H groups in total. The molecule has 0 aliphatic carbocycles. The van der Waals surface area contributed by atoms with Crippen LogP contribution in [0.15, 0.2) is 18.2 Å². The summed E-state index contributed by atoms with van der Waals surface area (Å²) in [5.41, 5.74) is 10.5. The molecule has 0 saturated heterocycles. The second-order valence-electron chi connectivity index (χ2n) is 5.74. The number of aromatic nitrogens is 1. The zero-order valence-electron chi connectivity index (χ0n) is 12.6. The molecular formula is C16H23N3O. The second-order valence-corrected chi connectivity index (χ2v) is 5.74. The molecule has 0 radical (unpaired) electrons. The zero-order chi connectivity index (χ0) is 14.9. The van der Waals surface area contributed by atoms with Crippen molar-refractivity contribution < 1.29 is 4.79 Å². The fourth-order valence-electron chi connectivity index (χ4n) is 2.23. The highest BCUT2D eigenvalue weighted by Crippen LogP contribution is 2.22. The van der Waals surface area contributed by atoms with E-state index in [9.17, 15) is 4.79 Å². The van der Waals surface area contributed by atoms with Crippen molar-refractivity contribution in [2.45, 2.75) is 40.3 Å². The molecule has 1 aromatic carbocycles. The van der Waals surface area contributed by atoms with Gasteiger partial charge in [-0.3, -0.25) is 4.79 Å². The number of carbonyl (C=O) groups is 1. The van der Waals surface area contributed by atoms with Crippen LogP contribution in [0.2, 0.25) is 0 Å². The molecule has 4 heteroatoms. The van der Waals surface area contributed by atoms with Gasteiger partial charge >= 0.3 is 0 Å². The second kappa shape index (κ2) is 5.67. The Morgan fingerprint density at radius 1 is 1.35 bits per heavy atom. The number of hydrogen-bond donors (Lipinski definition) is 3. The number of H-pyrrole nitrogens is 1. The lowest BCUT2D eigenvalue weighted by molar-refractivity contribution is -0.123. The normalized spacial score (nSPS) is 12.9. The third-order valence-electron chi connectivity index (χ3n) is 3.86. The molecule has 2 aromatic rings. The highest BCUT2D eigenvalue weighted by Gasteiger charge is 2.16. The summed E-state index contributed by atoms with van der Waals surface area (Å²) in [7, 11) is 0. The predicted molar refractivity (Wildman–Crippen MR) is 82.4 cm³/mol. The van der Waals surface area contributed by atoms with Crippen LogP contribution in [0.25, 0.3) is 10.9 Å². The van der Waals surface area contributed by atoms with Crippen LogP contribution in [0.5, 0.6) is 0 Å². The first kappa shape index (κ1) is 14.6. The van der Waals surface area contributed by atoms with E-state index in [0.717, 1.165) is 11.1 Å². The lowest BCUT2D eigenvalue weighted by atomic mass is 10.0. The summed E-state index contributed by atoms with van der Waals surface area (Å²) < 4.78 is 0. The molecule has 0 fully saturated rings. The van der Waals surface area contributed by atoms with Crippen LogP contribution in [-0.2, 0) is 11.3 Å². The van der Waals surface area contributed by atoms with Crippen LogP contribution in [0.3, 0.4) is 0 Å². The summed E-state index contributed by atoms with van der Waals surface area (Å²) in [5.74, 6) is 0.0501. The number of carbonyl (C=O) groups excluding carboxylic acids is 1. The highest BCUT2D eigenvalue weighted by molar-refractivity contribution is 5.85.